The molecule has 1 aliphatic heterocycles. The summed E-state index contributed by atoms with van der Waals surface area (Å²) in [6.07, 6.45) is 0. The van der Waals surface area contributed by atoms with Crippen molar-refractivity contribution in [2.75, 3.05) is 47.0 Å². The van der Waals surface area contributed by atoms with Gasteiger partial charge in [0, 0.05) is 18.7 Å². The van der Waals surface area contributed by atoms with E-state index in [0.29, 0.717) is 55.5 Å². The first-order valence-electron chi connectivity index (χ1n) is 13.4. The molecule has 0 spiro atoms. The maximum atomic E-state index is 13.2. The highest BCUT2D eigenvalue weighted by Gasteiger charge is 2.45. The Morgan fingerprint density at radius 1 is 0.875 bits per heavy atom. The zero-order valence-electron chi connectivity index (χ0n) is 23.4. The van der Waals surface area contributed by atoms with Gasteiger partial charge in [-0.2, -0.15) is 0 Å². The van der Waals surface area contributed by atoms with Crippen LogP contribution in [0.2, 0.25) is 0 Å². The lowest BCUT2D eigenvalue weighted by atomic mass is 9.95. The third-order valence-corrected chi connectivity index (χ3v) is 6.67. The number of carbonyl (C=O) groups is 2. The number of para-hydroxylation sites is 1. The van der Waals surface area contributed by atoms with Gasteiger partial charge in [0.05, 0.1) is 18.2 Å². The van der Waals surface area contributed by atoms with Crippen molar-refractivity contribution in [3.63, 3.8) is 0 Å². The van der Waals surface area contributed by atoms with Gasteiger partial charge in [-0.1, -0.05) is 30.3 Å². The maximum Gasteiger partial charge on any atom is 0.295 e. The summed E-state index contributed by atoms with van der Waals surface area (Å²) in [4.78, 5) is 29.8. The maximum absolute atomic E-state index is 13.2. The average molecular weight is 545 g/mol. The summed E-state index contributed by atoms with van der Waals surface area (Å²) < 4.78 is 17.1. The van der Waals surface area contributed by atoms with Crippen molar-refractivity contribution in [1.29, 1.82) is 0 Å². The second-order valence-corrected chi connectivity index (χ2v) is 9.78. The molecule has 1 N–H and O–H groups in total. The minimum atomic E-state index is -0.732. The predicted molar refractivity (Wildman–Crippen MR) is 154 cm³/mol. The Bertz CT molecular complexity index is 1350. The molecule has 8 heteroatoms. The molecule has 0 aromatic heterocycles. The summed E-state index contributed by atoms with van der Waals surface area (Å²) in [5.74, 6) is 0.557. The van der Waals surface area contributed by atoms with Gasteiger partial charge in [-0.3, -0.25) is 9.59 Å². The first-order valence-corrected chi connectivity index (χ1v) is 13.4. The lowest BCUT2D eigenvalue weighted by Gasteiger charge is -2.26. The Hall–Kier alpha value is -4.30. The Balaban J connectivity index is 1.56. The average Bonchev–Trinajstić information content (AvgIpc) is 3.20. The van der Waals surface area contributed by atoms with E-state index in [1.54, 1.807) is 36.4 Å². The van der Waals surface area contributed by atoms with Crippen LogP contribution in [-0.4, -0.2) is 73.6 Å². The van der Waals surface area contributed by atoms with Crippen LogP contribution in [0.3, 0.4) is 0 Å². The topological polar surface area (TPSA) is 88.5 Å². The molecule has 0 bridgehead atoms. The minimum Gasteiger partial charge on any atom is -0.507 e. The number of likely N-dealkylation sites (N-methyl/N-ethyl adjacent to an activating group) is 1. The minimum absolute atomic E-state index is 0.0632. The van der Waals surface area contributed by atoms with Crippen molar-refractivity contribution in [2.24, 2.45) is 0 Å². The first-order chi connectivity index (χ1) is 19.3. The van der Waals surface area contributed by atoms with Crippen molar-refractivity contribution >= 4 is 17.4 Å². The highest BCUT2D eigenvalue weighted by atomic mass is 16.5. The Morgan fingerprint density at radius 2 is 1.50 bits per heavy atom. The van der Waals surface area contributed by atoms with Crippen molar-refractivity contribution < 1.29 is 28.9 Å². The number of hydrogen-bond acceptors (Lipinski definition) is 7. The number of Topliss-reactive ketones (excluding diaryl/α,β-unsaturated/α-hetero) is 1. The van der Waals surface area contributed by atoms with Crippen LogP contribution in [0.15, 0.2) is 78.4 Å². The molecule has 4 rings (SSSR count). The van der Waals surface area contributed by atoms with E-state index in [2.05, 4.69) is 0 Å². The van der Waals surface area contributed by atoms with E-state index in [0.717, 1.165) is 11.3 Å². The van der Waals surface area contributed by atoms with Crippen LogP contribution in [-0.2, 0) is 9.59 Å². The van der Waals surface area contributed by atoms with Gasteiger partial charge in [0.15, 0.2) is 0 Å². The number of aryl methyl sites for hydroxylation is 1. The fourth-order valence-electron chi connectivity index (χ4n) is 4.57. The fourth-order valence-corrected chi connectivity index (χ4v) is 4.57. The second-order valence-electron chi connectivity index (χ2n) is 9.78. The zero-order valence-corrected chi connectivity index (χ0v) is 23.4. The van der Waals surface area contributed by atoms with Crippen LogP contribution in [0.1, 0.15) is 29.7 Å². The largest absolute Gasteiger partial charge is 0.507 e. The van der Waals surface area contributed by atoms with Crippen molar-refractivity contribution in [2.45, 2.75) is 19.9 Å². The third-order valence-electron chi connectivity index (χ3n) is 6.67. The van der Waals surface area contributed by atoms with Crippen molar-refractivity contribution in [3.8, 4) is 17.2 Å². The summed E-state index contributed by atoms with van der Waals surface area (Å²) in [6, 6.07) is 21.1. The monoisotopic (exact) mass is 544 g/mol. The number of hydrogen-bond donors (Lipinski definition) is 1. The molecule has 1 fully saturated rings. The van der Waals surface area contributed by atoms with Crippen LogP contribution in [0.5, 0.6) is 17.2 Å². The SMILES string of the molecule is CCOc1ccc(C(O)=C2C(=O)C(=O)N(CCN(C)C)C2c2ccc(OCCOc3ccccc3C)cc2)cc1. The van der Waals surface area contributed by atoms with E-state index in [1.807, 2.05) is 69.2 Å². The normalized spacial score (nSPS) is 16.4. The highest BCUT2D eigenvalue weighted by Crippen LogP contribution is 2.39. The molecule has 1 aliphatic rings. The molecule has 8 nitrogen and oxygen atoms in total. The molecular weight excluding hydrogens is 508 g/mol. The third kappa shape index (κ3) is 6.63. The molecule has 0 radical (unpaired) electrons. The number of likely N-dealkylation sites (tertiary alicyclic amines) is 1. The van der Waals surface area contributed by atoms with E-state index < -0.39 is 17.7 Å². The number of aliphatic hydroxyl groups excluding tert-OH is 1. The van der Waals surface area contributed by atoms with Gasteiger partial charge in [0.2, 0.25) is 0 Å². The Labute approximate surface area is 235 Å². The second kappa shape index (κ2) is 13.2. The van der Waals surface area contributed by atoms with Gasteiger partial charge in [-0.25, -0.2) is 0 Å². The number of rotatable bonds is 12. The highest BCUT2D eigenvalue weighted by molar-refractivity contribution is 6.46. The summed E-state index contributed by atoms with van der Waals surface area (Å²) in [7, 11) is 3.81. The van der Waals surface area contributed by atoms with E-state index >= 15 is 0 Å². The van der Waals surface area contributed by atoms with Gasteiger partial charge in [-0.05, 0) is 81.5 Å². The number of ketones is 1. The molecule has 1 saturated heterocycles. The standard InChI is InChI=1S/C32H36N2O6/c1-5-38-25-16-12-24(13-17-25)30(35)28-29(34(19-18-33(3)4)32(37)31(28)36)23-10-14-26(15-11-23)39-20-21-40-27-9-7-6-8-22(27)2/h6-17,29,35H,5,18-21H2,1-4H3. The quantitative estimate of drug-likeness (QED) is 0.151. The number of amides is 1. The van der Waals surface area contributed by atoms with E-state index in [4.69, 9.17) is 14.2 Å². The summed E-state index contributed by atoms with van der Waals surface area (Å²) in [6.45, 7) is 6.03. The Kier molecular flexibility index (Phi) is 9.45. The molecule has 3 aromatic carbocycles. The number of aliphatic hydroxyl groups is 1. The summed E-state index contributed by atoms with van der Waals surface area (Å²) in [5, 5.41) is 11.3. The number of benzene rings is 3. The molecule has 0 saturated carbocycles. The molecule has 210 valence electrons. The van der Waals surface area contributed by atoms with Crippen LogP contribution in [0.25, 0.3) is 5.76 Å². The summed E-state index contributed by atoms with van der Waals surface area (Å²) in [5.41, 5.74) is 2.26. The van der Waals surface area contributed by atoms with Gasteiger partial charge < -0.3 is 29.1 Å². The molecule has 0 aliphatic carbocycles. The lowest BCUT2D eigenvalue weighted by Crippen LogP contribution is -2.35. The number of ether oxygens (including phenoxy) is 3. The molecule has 1 unspecified atom stereocenters. The van der Waals surface area contributed by atoms with Crippen LogP contribution >= 0.6 is 0 Å². The smallest absolute Gasteiger partial charge is 0.295 e. The number of nitrogens with zero attached hydrogens (tertiary/aromatic N) is 2. The molecule has 1 amide bonds. The zero-order chi connectivity index (χ0) is 28.6. The predicted octanol–water partition coefficient (Wildman–Crippen LogP) is 4.83. The Morgan fingerprint density at radius 3 is 2.15 bits per heavy atom. The fraction of sp³-hybridized carbons (Fsp3) is 0.312. The van der Waals surface area contributed by atoms with E-state index in [1.165, 1.54) is 4.90 Å². The van der Waals surface area contributed by atoms with E-state index in [-0.39, 0.29) is 11.3 Å². The van der Waals surface area contributed by atoms with Gasteiger partial charge in [0.1, 0.15) is 36.2 Å². The first kappa shape index (κ1) is 28.7. The number of carbonyl (C=O) groups excluding carboxylic acids is 2. The lowest BCUT2D eigenvalue weighted by molar-refractivity contribution is -0.140. The molecule has 1 heterocycles. The van der Waals surface area contributed by atoms with Crippen LogP contribution in [0, 0.1) is 6.92 Å². The van der Waals surface area contributed by atoms with E-state index in [9.17, 15) is 14.7 Å². The van der Waals surface area contributed by atoms with Crippen LogP contribution in [0.4, 0.5) is 0 Å². The van der Waals surface area contributed by atoms with Gasteiger partial charge in [0.25, 0.3) is 11.7 Å². The van der Waals surface area contributed by atoms with Gasteiger partial charge in [-0.15, -0.1) is 0 Å². The summed E-state index contributed by atoms with van der Waals surface area (Å²) >= 11 is 0. The molecule has 1 atom stereocenters. The van der Waals surface area contributed by atoms with Crippen LogP contribution < -0.4 is 14.2 Å². The van der Waals surface area contributed by atoms with Crippen molar-refractivity contribution in [1.82, 2.24) is 9.80 Å². The van der Waals surface area contributed by atoms with Crippen molar-refractivity contribution in [3.05, 3.63) is 95.1 Å². The molecule has 40 heavy (non-hydrogen) atoms. The van der Waals surface area contributed by atoms with Gasteiger partial charge >= 0.3 is 0 Å². The molecule has 3 aromatic rings. The molecular formula is C32H36N2O6.